The van der Waals surface area contributed by atoms with Gasteiger partial charge in [-0.2, -0.15) is 10.2 Å². The molecule has 100 valence electrons. The van der Waals surface area contributed by atoms with Crippen LogP contribution in [0.5, 0.6) is 0 Å². The maximum atomic E-state index is 10.9. The molecule has 0 saturated carbocycles. The molecule has 0 aromatic heterocycles. The van der Waals surface area contributed by atoms with Crippen molar-refractivity contribution in [3.63, 3.8) is 0 Å². The number of benzene rings is 2. The van der Waals surface area contributed by atoms with Gasteiger partial charge in [-0.15, -0.1) is 0 Å². The van der Waals surface area contributed by atoms with Crippen LogP contribution in [0.3, 0.4) is 0 Å². The summed E-state index contributed by atoms with van der Waals surface area (Å²) in [4.78, 5) is 21.8. The number of halogens is 2. The molecule has 0 N–H and O–H groups in total. The lowest BCUT2D eigenvalue weighted by Gasteiger charge is -1.96. The van der Waals surface area contributed by atoms with Crippen molar-refractivity contribution < 1.29 is 9.59 Å². The SMILES string of the molecule is O=C(Cl)c1ccc(N=Nc2ccc(C(=O)Cl)cc2)cc1. The Hall–Kier alpha value is -2.04. The van der Waals surface area contributed by atoms with E-state index in [1.54, 1.807) is 48.5 Å². The number of rotatable bonds is 4. The van der Waals surface area contributed by atoms with E-state index in [4.69, 9.17) is 23.2 Å². The minimum atomic E-state index is -0.519. The van der Waals surface area contributed by atoms with Gasteiger partial charge >= 0.3 is 0 Å². The van der Waals surface area contributed by atoms with Crippen molar-refractivity contribution >= 4 is 45.1 Å². The molecule has 0 radical (unpaired) electrons. The van der Waals surface area contributed by atoms with Gasteiger partial charge in [-0.1, -0.05) is 0 Å². The van der Waals surface area contributed by atoms with Crippen LogP contribution < -0.4 is 0 Å². The molecule has 2 aromatic rings. The molecule has 0 spiro atoms. The van der Waals surface area contributed by atoms with E-state index in [1.807, 2.05) is 0 Å². The highest BCUT2D eigenvalue weighted by Gasteiger charge is 2.01. The Morgan fingerprint density at radius 1 is 0.650 bits per heavy atom. The lowest BCUT2D eigenvalue weighted by Crippen LogP contribution is -1.86. The lowest BCUT2D eigenvalue weighted by molar-refractivity contribution is 0.107. The van der Waals surface area contributed by atoms with Gasteiger partial charge < -0.3 is 0 Å². The van der Waals surface area contributed by atoms with Crippen LogP contribution in [-0.2, 0) is 0 Å². The highest BCUT2D eigenvalue weighted by Crippen LogP contribution is 2.20. The number of carbonyl (C=O) groups is 2. The predicted molar refractivity (Wildman–Crippen MR) is 77.4 cm³/mol. The normalized spacial score (nSPS) is 10.7. The topological polar surface area (TPSA) is 58.9 Å². The number of hydrogen-bond acceptors (Lipinski definition) is 4. The Labute approximate surface area is 125 Å². The third-order valence-electron chi connectivity index (χ3n) is 2.47. The van der Waals surface area contributed by atoms with Crippen LogP contribution in [0.1, 0.15) is 20.7 Å². The minimum Gasteiger partial charge on any atom is -0.276 e. The van der Waals surface area contributed by atoms with Gasteiger partial charge in [0, 0.05) is 11.1 Å². The van der Waals surface area contributed by atoms with Gasteiger partial charge in [0.2, 0.25) is 0 Å². The van der Waals surface area contributed by atoms with Gasteiger partial charge in [0.25, 0.3) is 10.5 Å². The molecule has 0 aliphatic rings. The molecule has 20 heavy (non-hydrogen) atoms. The maximum absolute atomic E-state index is 10.9. The quantitative estimate of drug-likeness (QED) is 0.598. The second-order valence-electron chi connectivity index (χ2n) is 3.84. The smallest absolute Gasteiger partial charge is 0.252 e. The number of hydrogen-bond donors (Lipinski definition) is 0. The zero-order valence-corrected chi connectivity index (χ0v) is 11.6. The molecular formula is C14H8Cl2N2O2. The largest absolute Gasteiger partial charge is 0.276 e. The van der Waals surface area contributed by atoms with E-state index in [-0.39, 0.29) is 0 Å². The summed E-state index contributed by atoms with van der Waals surface area (Å²) >= 11 is 10.7. The first-order valence-electron chi connectivity index (χ1n) is 5.58. The fourth-order valence-electron chi connectivity index (χ4n) is 1.43. The molecule has 0 bridgehead atoms. The van der Waals surface area contributed by atoms with E-state index in [0.717, 1.165) is 0 Å². The monoisotopic (exact) mass is 306 g/mol. The molecule has 0 heterocycles. The van der Waals surface area contributed by atoms with Gasteiger partial charge in [0.1, 0.15) is 0 Å². The summed E-state index contributed by atoms with van der Waals surface area (Å²) in [5.74, 6) is 0. The second kappa shape index (κ2) is 6.41. The predicted octanol–water partition coefficient (Wildman–Crippen LogP) is 4.86. The van der Waals surface area contributed by atoms with Crippen LogP contribution in [0.2, 0.25) is 0 Å². The van der Waals surface area contributed by atoms with Gasteiger partial charge in [0.15, 0.2) is 0 Å². The summed E-state index contributed by atoms with van der Waals surface area (Å²) in [6, 6.07) is 12.8. The molecule has 0 aliphatic heterocycles. The molecule has 0 amide bonds. The van der Waals surface area contributed by atoms with Crippen LogP contribution in [0.25, 0.3) is 0 Å². The summed E-state index contributed by atoms with van der Waals surface area (Å²) in [5, 5.41) is 6.97. The Morgan fingerprint density at radius 2 is 0.950 bits per heavy atom. The molecular weight excluding hydrogens is 299 g/mol. The summed E-state index contributed by atoms with van der Waals surface area (Å²) in [6.07, 6.45) is 0. The molecule has 6 heteroatoms. The Balaban J connectivity index is 2.12. The van der Waals surface area contributed by atoms with Crippen LogP contribution in [0, 0.1) is 0 Å². The van der Waals surface area contributed by atoms with Crippen molar-refractivity contribution in [1.82, 2.24) is 0 Å². The third-order valence-corrected chi connectivity index (χ3v) is 2.91. The van der Waals surface area contributed by atoms with Crippen molar-refractivity contribution in [3.05, 3.63) is 59.7 Å². The van der Waals surface area contributed by atoms with E-state index >= 15 is 0 Å². The first-order chi connectivity index (χ1) is 9.56. The summed E-state index contributed by atoms with van der Waals surface area (Å²) in [6.45, 7) is 0. The van der Waals surface area contributed by atoms with Crippen LogP contribution in [-0.4, -0.2) is 10.5 Å². The zero-order valence-electron chi connectivity index (χ0n) is 10.1. The Kier molecular flexibility index (Phi) is 4.61. The van der Waals surface area contributed by atoms with Crippen LogP contribution >= 0.6 is 23.2 Å². The van der Waals surface area contributed by atoms with E-state index < -0.39 is 10.5 Å². The molecule has 0 saturated heterocycles. The Bertz CT molecular complexity index is 605. The van der Waals surface area contributed by atoms with Crippen molar-refractivity contribution in [3.8, 4) is 0 Å². The van der Waals surface area contributed by atoms with Crippen molar-refractivity contribution in [2.75, 3.05) is 0 Å². The molecule has 0 unspecified atom stereocenters. The molecule has 0 atom stereocenters. The summed E-state index contributed by atoms with van der Waals surface area (Å²) < 4.78 is 0. The van der Waals surface area contributed by atoms with Crippen LogP contribution in [0.15, 0.2) is 58.8 Å². The number of nitrogens with zero attached hydrogens (tertiary/aromatic N) is 2. The van der Waals surface area contributed by atoms with E-state index in [1.165, 1.54) is 0 Å². The molecule has 0 aliphatic carbocycles. The van der Waals surface area contributed by atoms with Crippen molar-refractivity contribution in [2.24, 2.45) is 10.2 Å². The second-order valence-corrected chi connectivity index (χ2v) is 4.53. The number of carbonyl (C=O) groups excluding carboxylic acids is 2. The third kappa shape index (κ3) is 3.73. The zero-order chi connectivity index (χ0) is 14.5. The van der Waals surface area contributed by atoms with Gasteiger partial charge in [0.05, 0.1) is 11.4 Å². The van der Waals surface area contributed by atoms with Crippen molar-refractivity contribution in [1.29, 1.82) is 0 Å². The fourth-order valence-corrected chi connectivity index (χ4v) is 1.69. The molecule has 2 aromatic carbocycles. The number of azo groups is 1. The summed E-state index contributed by atoms with van der Waals surface area (Å²) in [5.41, 5.74) is 1.97. The van der Waals surface area contributed by atoms with E-state index in [9.17, 15) is 9.59 Å². The van der Waals surface area contributed by atoms with Crippen LogP contribution in [0.4, 0.5) is 11.4 Å². The van der Waals surface area contributed by atoms with Crippen molar-refractivity contribution in [2.45, 2.75) is 0 Å². The van der Waals surface area contributed by atoms with E-state index in [2.05, 4.69) is 10.2 Å². The molecule has 0 fully saturated rings. The molecule has 2 rings (SSSR count). The average molecular weight is 307 g/mol. The standard InChI is InChI=1S/C14H8Cl2N2O2/c15-13(19)9-1-5-11(6-2-9)17-18-12-7-3-10(4-8-12)14(16)20/h1-8H. The lowest BCUT2D eigenvalue weighted by atomic mass is 10.2. The minimum absolute atomic E-state index is 0.399. The Morgan fingerprint density at radius 3 is 1.20 bits per heavy atom. The first-order valence-corrected chi connectivity index (χ1v) is 6.33. The van der Waals surface area contributed by atoms with E-state index in [0.29, 0.717) is 22.5 Å². The summed E-state index contributed by atoms with van der Waals surface area (Å²) in [7, 11) is 0. The first kappa shape index (κ1) is 14.4. The highest BCUT2D eigenvalue weighted by molar-refractivity contribution is 6.68. The van der Waals surface area contributed by atoms with Gasteiger partial charge in [-0.3, -0.25) is 9.59 Å². The molecule has 4 nitrogen and oxygen atoms in total. The highest BCUT2D eigenvalue weighted by atomic mass is 35.5. The van der Waals surface area contributed by atoms with Gasteiger partial charge in [-0.05, 0) is 71.7 Å². The maximum Gasteiger partial charge on any atom is 0.252 e. The fraction of sp³-hybridized carbons (Fsp3) is 0. The van der Waals surface area contributed by atoms with Gasteiger partial charge in [-0.25, -0.2) is 0 Å². The average Bonchev–Trinajstić information content (AvgIpc) is 2.46.